The van der Waals surface area contributed by atoms with Gasteiger partial charge >= 0.3 is 0 Å². The third kappa shape index (κ3) is 3.03. The normalized spacial score (nSPS) is 19.6. The molecular weight excluding hydrogens is 224 g/mol. The number of amides is 1. The molecule has 0 aliphatic carbocycles. The lowest BCUT2D eigenvalue weighted by atomic mass is 9.87. The Kier molecular flexibility index (Phi) is 3.33. The van der Waals surface area contributed by atoms with E-state index in [1.807, 2.05) is 25.1 Å². The topological polar surface area (TPSA) is 41.1 Å². The van der Waals surface area contributed by atoms with Crippen LogP contribution in [0.25, 0.3) is 0 Å². The summed E-state index contributed by atoms with van der Waals surface area (Å²) < 4.78 is 0. The second-order valence-electron chi connectivity index (χ2n) is 6.36. The molecule has 3 nitrogen and oxygen atoms in total. The molecule has 0 saturated heterocycles. The lowest BCUT2D eigenvalue weighted by Gasteiger charge is -2.25. The average Bonchev–Trinajstić information content (AvgIpc) is 2.34. The third-order valence-corrected chi connectivity index (χ3v) is 3.19. The monoisotopic (exact) mass is 246 g/mol. The fourth-order valence-electron chi connectivity index (χ4n) is 2.50. The first-order valence-electron chi connectivity index (χ1n) is 6.51. The molecule has 1 aliphatic rings. The molecule has 3 heteroatoms. The van der Waals surface area contributed by atoms with Crippen molar-refractivity contribution in [3.8, 4) is 0 Å². The van der Waals surface area contributed by atoms with E-state index in [1.165, 1.54) is 0 Å². The number of carbonyl (C=O) groups excluding carboxylic acids is 1. The van der Waals surface area contributed by atoms with Crippen LogP contribution >= 0.6 is 0 Å². The molecule has 18 heavy (non-hydrogen) atoms. The van der Waals surface area contributed by atoms with E-state index in [9.17, 15) is 4.79 Å². The van der Waals surface area contributed by atoms with Crippen molar-refractivity contribution in [2.75, 3.05) is 10.6 Å². The number of anilines is 2. The van der Waals surface area contributed by atoms with Crippen LogP contribution in [0.1, 0.15) is 39.2 Å². The number of hydrogen-bond donors (Lipinski definition) is 2. The van der Waals surface area contributed by atoms with Crippen LogP contribution in [-0.2, 0) is 4.79 Å². The minimum absolute atomic E-state index is 0.102. The Labute approximate surface area is 109 Å². The molecule has 2 N–H and O–H groups in total. The van der Waals surface area contributed by atoms with E-state index in [0.29, 0.717) is 6.42 Å². The fourth-order valence-corrected chi connectivity index (χ4v) is 2.50. The van der Waals surface area contributed by atoms with E-state index in [-0.39, 0.29) is 17.4 Å². The van der Waals surface area contributed by atoms with Crippen LogP contribution in [0.2, 0.25) is 0 Å². The number of benzene rings is 1. The second-order valence-corrected chi connectivity index (χ2v) is 6.36. The number of hydrogen-bond acceptors (Lipinski definition) is 2. The van der Waals surface area contributed by atoms with Gasteiger partial charge in [-0.15, -0.1) is 0 Å². The fraction of sp³-hybridized carbons (Fsp3) is 0.533. The molecule has 1 aromatic rings. The summed E-state index contributed by atoms with van der Waals surface area (Å²) in [4.78, 5) is 11.9. The van der Waals surface area contributed by atoms with Gasteiger partial charge in [0.1, 0.15) is 0 Å². The molecular formula is C15H22N2O. The van der Waals surface area contributed by atoms with Gasteiger partial charge in [0.05, 0.1) is 11.4 Å². The van der Waals surface area contributed by atoms with Crippen molar-refractivity contribution in [2.45, 2.75) is 46.6 Å². The molecule has 1 aliphatic heterocycles. The molecule has 1 heterocycles. The molecule has 1 aromatic carbocycles. The van der Waals surface area contributed by atoms with Gasteiger partial charge in [0, 0.05) is 12.5 Å². The maximum absolute atomic E-state index is 11.9. The van der Waals surface area contributed by atoms with Crippen molar-refractivity contribution in [1.82, 2.24) is 0 Å². The van der Waals surface area contributed by atoms with Crippen LogP contribution < -0.4 is 10.6 Å². The minimum Gasteiger partial charge on any atom is -0.380 e. The van der Waals surface area contributed by atoms with E-state index in [0.717, 1.165) is 23.4 Å². The molecule has 0 saturated carbocycles. The third-order valence-electron chi connectivity index (χ3n) is 3.19. The zero-order valence-electron chi connectivity index (χ0n) is 11.6. The highest BCUT2D eigenvalue weighted by Gasteiger charge is 2.25. The van der Waals surface area contributed by atoms with Crippen molar-refractivity contribution >= 4 is 17.3 Å². The number of para-hydroxylation sites is 1. The Morgan fingerprint density at radius 2 is 2.06 bits per heavy atom. The number of fused-ring (bicyclic) bond motifs is 1. The Morgan fingerprint density at radius 1 is 1.33 bits per heavy atom. The molecule has 1 amide bonds. The zero-order valence-corrected chi connectivity index (χ0v) is 11.6. The maximum Gasteiger partial charge on any atom is 0.226 e. The van der Waals surface area contributed by atoms with Crippen molar-refractivity contribution in [3.05, 3.63) is 23.8 Å². The Morgan fingerprint density at radius 3 is 2.72 bits per heavy atom. The van der Waals surface area contributed by atoms with E-state index in [4.69, 9.17) is 0 Å². The number of nitrogens with one attached hydrogen (secondary N) is 2. The predicted octanol–water partition coefficient (Wildman–Crippen LogP) is 3.55. The summed E-state index contributed by atoms with van der Waals surface area (Å²) in [6.45, 7) is 8.63. The summed E-state index contributed by atoms with van der Waals surface area (Å²) in [5.74, 6) is 0.102. The number of carbonyl (C=O) groups is 1. The summed E-state index contributed by atoms with van der Waals surface area (Å²) in [6.07, 6.45) is 1.51. The number of aryl methyl sites for hydroxylation is 1. The molecule has 98 valence electrons. The van der Waals surface area contributed by atoms with E-state index in [1.54, 1.807) is 0 Å². The van der Waals surface area contributed by atoms with Crippen LogP contribution in [0, 0.1) is 12.3 Å². The summed E-state index contributed by atoms with van der Waals surface area (Å²) in [7, 11) is 0. The standard InChI is InChI=1S/C15H22N2O/c1-10-6-5-7-12-14(10)17-13(18)8-11(16-12)9-15(2,3)4/h5-7,11,16H,8-9H2,1-4H3,(H,17,18). The molecule has 0 radical (unpaired) electrons. The first-order valence-corrected chi connectivity index (χ1v) is 6.51. The minimum atomic E-state index is 0.102. The van der Waals surface area contributed by atoms with Gasteiger partial charge in [0.2, 0.25) is 5.91 Å². The van der Waals surface area contributed by atoms with Crippen LogP contribution in [0.3, 0.4) is 0 Å². The van der Waals surface area contributed by atoms with Crippen LogP contribution in [-0.4, -0.2) is 11.9 Å². The van der Waals surface area contributed by atoms with Crippen molar-refractivity contribution in [1.29, 1.82) is 0 Å². The lowest BCUT2D eigenvalue weighted by molar-refractivity contribution is -0.116. The molecule has 1 atom stereocenters. The van der Waals surface area contributed by atoms with Gasteiger partial charge in [0.25, 0.3) is 0 Å². The number of rotatable bonds is 1. The van der Waals surface area contributed by atoms with Gasteiger partial charge in [0.15, 0.2) is 0 Å². The van der Waals surface area contributed by atoms with Gasteiger partial charge < -0.3 is 10.6 Å². The smallest absolute Gasteiger partial charge is 0.226 e. The van der Waals surface area contributed by atoms with Gasteiger partial charge in [-0.1, -0.05) is 32.9 Å². The summed E-state index contributed by atoms with van der Waals surface area (Å²) in [5, 5.41) is 6.51. The van der Waals surface area contributed by atoms with E-state index in [2.05, 4.69) is 31.4 Å². The molecule has 0 spiro atoms. The first-order chi connectivity index (χ1) is 8.35. The van der Waals surface area contributed by atoms with Gasteiger partial charge in [-0.3, -0.25) is 4.79 Å². The maximum atomic E-state index is 11.9. The van der Waals surface area contributed by atoms with Gasteiger partial charge in [-0.2, -0.15) is 0 Å². The zero-order chi connectivity index (χ0) is 13.3. The van der Waals surface area contributed by atoms with Crippen molar-refractivity contribution in [2.24, 2.45) is 5.41 Å². The predicted molar refractivity (Wildman–Crippen MR) is 75.9 cm³/mol. The molecule has 2 rings (SSSR count). The highest BCUT2D eigenvalue weighted by Crippen LogP contribution is 2.32. The molecule has 0 fully saturated rings. The van der Waals surface area contributed by atoms with Gasteiger partial charge in [-0.25, -0.2) is 0 Å². The molecule has 1 unspecified atom stereocenters. The van der Waals surface area contributed by atoms with Crippen LogP contribution in [0.15, 0.2) is 18.2 Å². The summed E-state index contributed by atoms with van der Waals surface area (Å²) in [6, 6.07) is 6.27. The Hall–Kier alpha value is -1.51. The molecule has 0 aromatic heterocycles. The highest BCUT2D eigenvalue weighted by atomic mass is 16.1. The average molecular weight is 246 g/mol. The van der Waals surface area contributed by atoms with Crippen molar-refractivity contribution in [3.63, 3.8) is 0 Å². The summed E-state index contributed by atoms with van der Waals surface area (Å²) >= 11 is 0. The first kappa shape index (κ1) is 12.9. The highest BCUT2D eigenvalue weighted by molar-refractivity contribution is 5.97. The lowest BCUT2D eigenvalue weighted by Crippen LogP contribution is -2.27. The van der Waals surface area contributed by atoms with Crippen LogP contribution in [0.5, 0.6) is 0 Å². The van der Waals surface area contributed by atoms with E-state index >= 15 is 0 Å². The Bertz CT molecular complexity index is 460. The van der Waals surface area contributed by atoms with E-state index < -0.39 is 0 Å². The van der Waals surface area contributed by atoms with Crippen LogP contribution in [0.4, 0.5) is 11.4 Å². The Balaban J connectivity index is 2.27. The SMILES string of the molecule is Cc1cccc2c1NC(=O)CC(CC(C)(C)C)N2. The molecule has 0 bridgehead atoms. The quantitative estimate of drug-likeness (QED) is 0.795. The second kappa shape index (κ2) is 4.63. The largest absolute Gasteiger partial charge is 0.380 e. The summed E-state index contributed by atoms with van der Waals surface area (Å²) in [5.41, 5.74) is 3.28. The van der Waals surface area contributed by atoms with Gasteiger partial charge in [-0.05, 0) is 30.4 Å². The van der Waals surface area contributed by atoms with Crippen molar-refractivity contribution < 1.29 is 4.79 Å².